The average Bonchev–Trinajstić information content (AvgIpc) is 3.49. The Morgan fingerprint density at radius 3 is 0.735 bits per heavy atom. The zero-order valence-corrected chi connectivity index (χ0v) is 54.9. The van der Waals surface area contributed by atoms with Crippen molar-refractivity contribution in [2.75, 3.05) is 13.2 Å². The molecule has 0 saturated heterocycles. The third-order valence-corrected chi connectivity index (χ3v) is 15.6. The van der Waals surface area contributed by atoms with Crippen molar-refractivity contribution in [1.82, 2.24) is 0 Å². The SMILES string of the molecule is CC/C=C\C/C=C\C/C=C\C/C=C\CCCCCCCCCCCCCCCCCCC(=O)OCC(COC(=O)CCCCCCCCCCCCCCC)OC(=O)CCCCCCCCCCCC/C=C\C/C=C\C/C=C\C/C=C\CC. The smallest absolute Gasteiger partial charge is 0.306 e. The number of rotatable bonds is 65. The van der Waals surface area contributed by atoms with E-state index in [-0.39, 0.29) is 31.1 Å². The first-order valence-electron chi connectivity index (χ1n) is 35.7. The molecule has 0 aromatic heterocycles. The van der Waals surface area contributed by atoms with Crippen LogP contribution in [0, 0.1) is 0 Å². The van der Waals surface area contributed by atoms with Gasteiger partial charge in [0, 0.05) is 19.3 Å². The van der Waals surface area contributed by atoms with Crippen LogP contribution in [0.2, 0.25) is 0 Å². The number of hydrogen-bond acceptors (Lipinski definition) is 6. The Morgan fingerprint density at radius 2 is 0.470 bits per heavy atom. The molecule has 478 valence electrons. The van der Waals surface area contributed by atoms with Crippen LogP contribution in [0.25, 0.3) is 0 Å². The van der Waals surface area contributed by atoms with Crippen molar-refractivity contribution in [3.8, 4) is 0 Å². The second kappa shape index (κ2) is 70.8. The van der Waals surface area contributed by atoms with E-state index in [1.54, 1.807) is 0 Å². The van der Waals surface area contributed by atoms with Crippen LogP contribution in [-0.2, 0) is 28.6 Å². The van der Waals surface area contributed by atoms with Gasteiger partial charge in [-0.2, -0.15) is 0 Å². The third kappa shape index (κ3) is 69.0. The Bertz CT molecular complexity index is 1610. The molecular weight excluding hydrogens is 1020 g/mol. The summed E-state index contributed by atoms with van der Waals surface area (Å²) in [5, 5.41) is 0. The van der Waals surface area contributed by atoms with Crippen LogP contribution in [0.1, 0.15) is 355 Å². The molecule has 0 heterocycles. The molecule has 0 N–H and O–H groups in total. The highest BCUT2D eigenvalue weighted by Crippen LogP contribution is 2.18. The molecular formula is C77H134O6. The molecule has 1 atom stereocenters. The number of hydrogen-bond donors (Lipinski definition) is 0. The topological polar surface area (TPSA) is 78.9 Å². The summed E-state index contributed by atoms with van der Waals surface area (Å²) in [7, 11) is 0. The summed E-state index contributed by atoms with van der Waals surface area (Å²) in [6.45, 7) is 6.46. The summed E-state index contributed by atoms with van der Waals surface area (Å²) in [5.41, 5.74) is 0. The van der Waals surface area contributed by atoms with E-state index >= 15 is 0 Å². The van der Waals surface area contributed by atoms with Crippen LogP contribution in [0.4, 0.5) is 0 Å². The summed E-state index contributed by atoms with van der Waals surface area (Å²) in [6.07, 6.45) is 95.8. The standard InChI is InChI=1S/C77H134O6/c1-4-7-10-13-16-19-22-25-27-29-31-33-35-36-37-38-39-40-42-43-45-47-49-52-55-58-61-64-67-70-76(79)82-73-74(72-81-75(78)69-66-63-60-57-54-51-24-21-18-15-12-9-6-3)83-77(80)71-68-65-62-59-56-53-50-48-46-44-41-34-32-30-28-26-23-20-17-14-11-8-5-2/h7-8,10-11,16-17,19-20,25-28,31-34,74H,4-6,9,12-15,18,21-24,29-30,35-73H2,1-3H3/b10-7-,11-8-,19-16-,20-17-,27-25-,28-26-,33-31-,34-32-. The average molecular weight is 1160 g/mol. The highest BCUT2D eigenvalue weighted by molar-refractivity contribution is 5.71. The molecule has 6 nitrogen and oxygen atoms in total. The highest BCUT2D eigenvalue weighted by Gasteiger charge is 2.19. The number of unbranched alkanes of at least 4 members (excludes halogenated alkanes) is 38. The lowest BCUT2D eigenvalue weighted by Crippen LogP contribution is -2.30. The van der Waals surface area contributed by atoms with E-state index in [4.69, 9.17) is 14.2 Å². The van der Waals surface area contributed by atoms with Gasteiger partial charge in [-0.25, -0.2) is 0 Å². The van der Waals surface area contributed by atoms with Crippen LogP contribution in [-0.4, -0.2) is 37.2 Å². The minimum absolute atomic E-state index is 0.0741. The molecule has 0 aliphatic rings. The molecule has 0 spiro atoms. The monoisotopic (exact) mass is 1160 g/mol. The van der Waals surface area contributed by atoms with E-state index in [9.17, 15) is 14.4 Å². The summed E-state index contributed by atoms with van der Waals surface area (Å²) >= 11 is 0. The minimum Gasteiger partial charge on any atom is -0.462 e. The second-order valence-corrected chi connectivity index (χ2v) is 23.7. The first kappa shape index (κ1) is 79.3. The Morgan fingerprint density at radius 1 is 0.253 bits per heavy atom. The summed E-state index contributed by atoms with van der Waals surface area (Å²) in [5.74, 6) is -0.859. The molecule has 6 heteroatoms. The number of carbonyl (C=O) groups excluding carboxylic acids is 3. The lowest BCUT2D eigenvalue weighted by molar-refractivity contribution is -0.167. The maximum absolute atomic E-state index is 13.0. The van der Waals surface area contributed by atoms with Gasteiger partial charge in [-0.05, 0) is 96.3 Å². The van der Waals surface area contributed by atoms with Crippen molar-refractivity contribution < 1.29 is 28.6 Å². The van der Waals surface area contributed by atoms with Gasteiger partial charge in [0.25, 0.3) is 0 Å². The summed E-state index contributed by atoms with van der Waals surface area (Å²) in [4.78, 5) is 38.5. The fourth-order valence-electron chi connectivity index (χ4n) is 10.3. The van der Waals surface area contributed by atoms with E-state index in [1.165, 1.54) is 205 Å². The summed E-state index contributed by atoms with van der Waals surface area (Å²) in [6, 6.07) is 0. The zero-order valence-electron chi connectivity index (χ0n) is 54.9. The molecule has 0 aliphatic carbocycles. The van der Waals surface area contributed by atoms with E-state index in [0.29, 0.717) is 19.3 Å². The van der Waals surface area contributed by atoms with Crippen molar-refractivity contribution in [2.24, 2.45) is 0 Å². The Hall–Kier alpha value is -3.67. The van der Waals surface area contributed by atoms with E-state index in [2.05, 4.69) is 118 Å². The van der Waals surface area contributed by atoms with Gasteiger partial charge in [0.2, 0.25) is 0 Å². The molecule has 0 saturated carbocycles. The molecule has 0 aliphatic heterocycles. The van der Waals surface area contributed by atoms with Crippen molar-refractivity contribution in [3.63, 3.8) is 0 Å². The maximum Gasteiger partial charge on any atom is 0.306 e. The lowest BCUT2D eigenvalue weighted by Gasteiger charge is -2.18. The Kier molecular flexibility index (Phi) is 67.7. The van der Waals surface area contributed by atoms with Crippen molar-refractivity contribution in [2.45, 2.75) is 361 Å². The number of esters is 3. The van der Waals surface area contributed by atoms with Gasteiger partial charge in [0.1, 0.15) is 13.2 Å². The molecule has 0 aromatic carbocycles. The van der Waals surface area contributed by atoms with Crippen molar-refractivity contribution in [1.29, 1.82) is 0 Å². The maximum atomic E-state index is 13.0. The number of carbonyl (C=O) groups is 3. The molecule has 0 radical (unpaired) electrons. The van der Waals surface area contributed by atoms with Crippen LogP contribution in [0.5, 0.6) is 0 Å². The van der Waals surface area contributed by atoms with Crippen LogP contribution in [0.3, 0.4) is 0 Å². The molecule has 0 rings (SSSR count). The largest absolute Gasteiger partial charge is 0.462 e. The van der Waals surface area contributed by atoms with Gasteiger partial charge >= 0.3 is 17.9 Å². The lowest BCUT2D eigenvalue weighted by atomic mass is 10.0. The fraction of sp³-hybridized carbons (Fsp3) is 0.753. The third-order valence-electron chi connectivity index (χ3n) is 15.6. The van der Waals surface area contributed by atoms with E-state index in [0.717, 1.165) is 109 Å². The molecule has 0 bridgehead atoms. The Labute approximate surface area is 515 Å². The van der Waals surface area contributed by atoms with Crippen LogP contribution >= 0.6 is 0 Å². The number of ether oxygens (including phenoxy) is 3. The van der Waals surface area contributed by atoms with Crippen LogP contribution < -0.4 is 0 Å². The normalized spacial score (nSPS) is 12.7. The first-order chi connectivity index (χ1) is 41.0. The van der Waals surface area contributed by atoms with Crippen molar-refractivity contribution >= 4 is 17.9 Å². The van der Waals surface area contributed by atoms with Crippen molar-refractivity contribution in [3.05, 3.63) is 97.2 Å². The van der Waals surface area contributed by atoms with Crippen LogP contribution in [0.15, 0.2) is 97.2 Å². The molecule has 1 unspecified atom stereocenters. The number of allylic oxidation sites excluding steroid dienone is 16. The quantitative estimate of drug-likeness (QED) is 0.0261. The molecule has 0 amide bonds. The predicted molar refractivity (Wildman–Crippen MR) is 362 cm³/mol. The minimum atomic E-state index is -0.779. The van der Waals surface area contributed by atoms with Gasteiger partial charge in [0.15, 0.2) is 6.10 Å². The highest BCUT2D eigenvalue weighted by atomic mass is 16.6. The summed E-state index contributed by atoms with van der Waals surface area (Å²) < 4.78 is 17.0. The van der Waals surface area contributed by atoms with Gasteiger partial charge in [-0.1, -0.05) is 336 Å². The van der Waals surface area contributed by atoms with E-state index in [1.807, 2.05) is 0 Å². The first-order valence-corrected chi connectivity index (χ1v) is 35.7. The van der Waals surface area contributed by atoms with Gasteiger partial charge in [-0.15, -0.1) is 0 Å². The van der Waals surface area contributed by atoms with Gasteiger partial charge in [-0.3, -0.25) is 14.4 Å². The second-order valence-electron chi connectivity index (χ2n) is 23.7. The Balaban J connectivity index is 4.24. The predicted octanol–water partition coefficient (Wildman–Crippen LogP) is 24.8. The van der Waals surface area contributed by atoms with Gasteiger partial charge < -0.3 is 14.2 Å². The zero-order chi connectivity index (χ0) is 59.9. The van der Waals surface area contributed by atoms with E-state index < -0.39 is 6.10 Å². The molecule has 83 heavy (non-hydrogen) atoms. The van der Waals surface area contributed by atoms with Gasteiger partial charge in [0.05, 0.1) is 0 Å². The fourth-order valence-corrected chi connectivity index (χ4v) is 10.3. The molecule has 0 fully saturated rings. The molecule has 0 aromatic rings.